The molecule has 0 aromatic carbocycles. The Morgan fingerprint density at radius 1 is 1.32 bits per heavy atom. The molecule has 1 unspecified atom stereocenters. The monoisotopic (exact) mass is 582 g/mol. The Morgan fingerprint density at radius 2 is 2.11 bits per heavy atom. The Kier molecular flexibility index (Phi) is 7.64. The minimum atomic E-state index is -1.19. The summed E-state index contributed by atoms with van der Waals surface area (Å²) < 4.78 is 4.79. The van der Waals surface area contributed by atoms with E-state index >= 15 is 0 Å². The molecule has 4 heterocycles. The highest BCUT2D eigenvalue weighted by Crippen LogP contribution is 2.41. The molecule has 196 valence electrons. The zero-order valence-electron chi connectivity index (χ0n) is 19.4. The molecule has 4 N–H and O–H groups in total. The molecule has 1 saturated heterocycles. The van der Waals surface area contributed by atoms with Crippen molar-refractivity contribution in [1.29, 1.82) is 0 Å². The van der Waals surface area contributed by atoms with Gasteiger partial charge in [0.05, 0.1) is 0 Å². The van der Waals surface area contributed by atoms with Crippen LogP contribution >= 0.6 is 46.4 Å². The number of aryl methyl sites for hydroxylation is 1. The molecule has 3 aliphatic rings. The van der Waals surface area contributed by atoms with E-state index in [-0.39, 0.29) is 28.5 Å². The molecule has 2 amide bonds. The standard InChI is InChI=1S/C20H22N8O5S4/c1-8-24-25-20(36-8)35-7-9-6-34-17-12(16(30)28(17)13(9)18(31)32)22-15(29)11(14-23-19(21)37-27-14)26-33-10-4-2-3-5-10/h10,12,17H,2-7H2,1H3,(H,22,29)(H,31,32)(H2,21,23,27)/t12?,17-/m1/s1. The number of anilines is 1. The zero-order valence-corrected chi connectivity index (χ0v) is 22.7. The number of thioether (sulfide) groups is 2. The van der Waals surface area contributed by atoms with Crippen molar-refractivity contribution in [2.24, 2.45) is 5.16 Å². The number of amides is 2. The summed E-state index contributed by atoms with van der Waals surface area (Å²) in [4.78, 5) is 49.1. The van der Waals surface area contributed by atoms with Gasteiger partial charge in [0.15, 0.2) is 9.47 Å². The first-order chi connectivity index (χ1) is 17.8. The summed E-state index contributed by atoms with van der Waals surface area (Å²) in [5.74, 6) is -1.63. The van der Waals surface area contributed by atoms with Gasteiger partial charge in [-0.05, 0) is 38.2 Å². The number of hydrogen-bond donors (Lipinski definition) is 3. The van der Waals surface area contributed by atoms with Crippen LogP contribution in [0.3, 0.4) is 0 Å². The number of aromatic nitrogens is 4. The zero-order chi connectivity index (χ0) is 26.1. The Morgan fingerprint density at radius 3 is 2.76 bits per heavy atom. The smallest absolute Gasteiger partial charge is 0.352 e. The number of carbonyl (C=O) groups is 3. The van der Waals surface area contributed by atoms with Gasteiger partial charge in [0, 0.05) is 23.0 Å². The molecule has 2 atom stereocenters. The maximum Gasteiger partial charge on any atom is 0.352 e. The van der Waals surface area contributed by atoms with Crippen LogP contribution in [0.1, 0.15) is 36.5 Å². The van der Waals surface area contributed by atoms with Crippen LogP contribution in [-0.2, 0) is 19.2 Å². The number of carbonyl (C=O) groups excluding carboxylic acids is 2. The Labute approximate surface area is 227 Å². The molecule has 0 spiro atoms. The Balaban J connectivity index is 1.30. The molecule has 0 radical (unpaired) electrons. The molecule has 2 aromatic rings. The minimum absolute atomic E-state index is 0.00951. The number of nitrogen functional groups attached to an aromatic ring is 1. The van der Waals surface area contributed by atoms with E-state index in [1.165, 1.54) is 39.8 Å². The van der Waals surface area contributed by atoms with Crippen molar-refractivity contribution in [3.63, 3.8) is 0 Å². The first-order valence-electron chi connectivity index (χ1n) is 11.3. The number of aliphatic carboxylic acids is 1. The number of oxime groups is 1. The highest BCUT2D eigenvalue weighted by Gasteiger charge is 2.54. The quantitative estimate of drug-likeness (QED) is 0.168. The predicted octanol–water partition coefficient (Wildman–Crippen LogP) is 1.47. The van der Waals surface area contributed by atoms with E-state index in [4.69, 9.17) is 10.6 Å². The van der Waals surface area contributed by atoms with Crippen molar-refractivity contribution < 1.29 is 24.3 Å². The van der Waals surface area contributed by atoms with E-state index in [1.54, 1.807) is 0 Å². The van der Waals surface area contributed by atoms with Crippen LogP contribution in [0, 0.1) is 6.92 Å². The number of rotatable bonds is 9. The molecular weight excluding hydrogens is 561 g/mol. The third kappa shape index (κ3) is 5.44. The summed E-state index contributed by atoms with van der Waals surface area (Å²) in [6.07, 6.45) is 3.62. The first-order valence-corrected chi connectivity index (χ1v) is 14.9. The molecule has 17 heteroatoms. The van der Waals surface area contributed by atoms with E-state index in [0.717, 1.165) is 46.6 Å². The van der Waals surface area contributed by atoms with E-state index < -0.39 is 29.2 Å². The van der Waals surface area contributed by atoms with Crippen LogP contribution in [0.2, 0.25) is 0 Å². The largest absolute Gasteiger partial charge is 0.477 e. The molecule has 37 heavy (non-hydrogen) atoms. The van der Waals surface area contributed by atoms with E-state index in [1.807, 2.05) is 6.92 Å². The fourth-order valence-corrected chi connectivity index (χ4v) is 7.86. The van der Waals surface area contributed by atoms with Gasteiger partial charge in [-0.1, -0.05) is 28.3 Å². The molecule has 0 bridgehead atoms. The number of hydrogen-bond acceptors (Lipinski definition) is 14. The number of fused-ring (bicyclic) bond motifs is 1. The van der Waals surface area contributed by atoms with Crippen LogP contribution in [0.15, 0.2) is 20.8 Å². The maximum absolute atomic E-state index is 13.2. The number of nitrogens with zero attached hydrogens (tertiary/aromatic N) is 6. The topological polar surface area (TPSA) is 186 Å². The number of carboxylic acids is 1. The number of carboxylic acid groups (broad SMARTS) is 1. The summed E-state index contributed by atoms with van der Waals surface area (Å²) in [5, 5.41) is 25.0. The highest BCUT2D eigenvalue weighted by molar-refractivity contribution is 8.01. The summed E-state index contributed by atoms with van der Waals surface area (Å²) in [5.41, 5.74) is 6.07. The Bertz CT molecular complexity index is 1290. The summed E-state index contributed by atoms with van der Waals surface area (Å²) >= 11 is 5.10. The fraction of sp³-hybridized carbons (Fsp3) is 0.500. The van der Waals surface area contributed by atoms with Crippen LogP contribution in [0.4, 0.5) is 5.13 Å². The normalized spacial score (nSPS) is 22.1. The average Bonchev–Trinajstić information content (AvgIpc) is 3.64. The van der Waals surface area contributed by atoms with Crippen LogP contribution in [-0.4, -0.2) is 82.1 Å². The predicted molar refractivity (Wildman–Crippen MR) is 139 cm³/mol. The lowest BCUT2D eigenvalue weighted by atomic mass is 10.0. The van der Waals surface area contributed by atoms with Crippen molar-refractivity contribution in [1.82, 2.24) is 29.8 Å². The summed E-state index contributed by atoms with van der Waals surface area (Å²) in [6, 6.07) is -0.931. The Hall–Kier alpha value is -2.76. The van der Waals surface area contributed by atoms with Gasteiger partial charge in [-0.2, -0.15) is 9.36 Å². The van der Waals surface area contributed by atoms with Gasteiger partial charge in [0.2, 0.25) is 11.5 Å². The lowest BCUT2D eigenvalue weighted by Crippen LogP contribution is -2.71. The number of β-lactam (4-membered cyclic amide) rings is 1. The van der Waals surface area contributed by atoms with Crippen LogP contribution in [0.25, 0.3) is 0 Å². The number of nitrogens with two attached hydrogens (primary N) is 1. The van der Waals surface area contributed by atoms with Gasteiger partial charge in [0.25, 0.3) is 11.8 Å². The first kappa shape index (κ1) is 25.9. The lowest BCUT2D eigenvalue weighted by Gasteiger charge is -2.49. The van der Waals surface area contributed by atoms with Gasteiger partial charge >= 0.3 is 5.97 Å². The molecule has 2 aromatic heterocycles. The molecule has 2 aliphatic heterocycles. The number of nitrogens with one attached hydrogen (secondary N) is 1. The highest BCUT2D eigenvalue weighted by atomic mass is 32.2. The van der Waals surface area contributed by atoms with E-state index in [0.29, 0.717) is 17.1 Å². The van der Waals surface area contributed by atoms with Gasteiger partial charge in [-0.15, -0.1) is 22.0 Å². The minimum Gasteiger partial charge on any atom is -0.477 e. The van der Waals surface area contributed by atoms with Gasteiger partial charge in [-0.25, -0.2) is 4.79 Å². The lowest BCUT2D eigenvalue weighted by molar-refractivity contribution is -0.150. The van der Waals surface area contributed by atoms with E-state index in [2.05, 4.69) is 30.0 Å². The van der Waals surface area contributed by atoms with Gasteiger partial charge in [0.1, 0.15) is 28.2 Å². The molecular formula is C20H22N8O5S4. The SMILES string of the molecule is Cc1nnc(SCC2=C(C(=O)O)N3C(=O)C(NC(=O)C(=NOC4CCCC4)c4nsc(N)n4)[C@H]3SC2)s1. The molecule has 1 aliphatic carbocycles. The second-order valence-electron chi connectivity index (χ2n) is 8.40. The van der Waals surface area contributed by atoms with Crippen molar-refractivity contribution in [2.45, 2.75) is 54.5 Å². The van der Waals surface area contributed by atoms with Crippen molar-refractivity contribution in [2.75, 3.05) is 17.2 Å². The van der Waals surface area contributed by atoms with Crippen LogP contribution in [0.5, 0.6) is 0 Å². The third-order valence-corrected chi connectivity index (χ3v) is 9.82. The van der Waals surface area contributed by atoms with Gasteiger partial charge < -0.3 is 21.0 Å². The third-order valence-electron chi connectivity index (χ3n) is 5.88. The van der Waals surface area contributed by atoms with Crippen LogP contribution < -0.4 is 11.1 Å². The molecule has 5 rings (SSSR count). The molecule has 1 saturated carbocycles. The summed E-state index contributed by atoms with van der Waals surface area (Å²) in [6.45, 7) is 1.84. The second-order valence-corrected chi connectivity index (χ2v) is 12.7. The average molecular weight is 583 g/mol. The van der Waals surface area contributed by atoms with Crippen molar-refractivity contribution in [3.05, 3.63) is 22.1 Å². The molecule has 13 nitrogen and oxygen atoms in total. The second kappa shape index (κ2) is 10.9. The van der Waals surface area contributed by atoms with Crippen molar-refractivity contribution in [3.8, 4) is 0 Å². The van der Waals surface area contributed by atoms with Crippen molar-refractivity contribution >= 4 is 75.0 Å². The summed E-state index contributed by atoms with van der Waals surface area (Å²) in [7, 11) is 0. The fourth-order valence-electron chi connectivity index (χ4n) is 4.13. The van der Waals surface area contributed by atoms with Gasteiger partial charge in [-0.3, -0.25) is 14.5 Å². The molecule has 2 fully saturated rings. The van der Waals surface area contributed by atoms with E-state index in [9.17, 15) is 19.5 Å². The maximum atomic E-state index is 13.2.